The van der Waals surface area contributed by atoms with Gasteiger partial charge >= 0.3 is 0 Å². The van der Waals surface area contributed by atoms with Gasteiger partial charge in [0, 0.05) is 17.7 Å². The minimum Gasteiger partial charge on any atom is -0.301 e. The molecule has 0 fully saturated rings. The molecule has 2 aromatic carbocycles. The van der Waals surface area contributed by atoms with E-state index in [4.69, 9.17) is 0 Å². The number of amides is 1. The molecule has 1 amide bonds. The van der Waals surface area contributed by atoms with E-state index in [-0.39, 0.29) is 35.7 Å². The molecule has 2 N–H and O–H groups in total. The maximum Gasteiger partial charge on any atom is 0.291 e. The normalized spacial score (nSPS) is 10.8. The molecule has 1 aromatic heterocycles. The van der Waals surface area contributed by atoms with Crippen LogP contribution >= 0.6 is 11.8 Å². The molecule has 156 valence electrons. The largest absolute Gasteiger partial charge is 0.301 e. The fourth-order valence-corrected chi connectivity index (χ4v) is 3.38. The first kappa shape index (κ1) is 21.5. The zero-order valence-electron chi connectivity index (χ0n) is 16.1. The number of carbonyl (C=O) groups is 1. The molecule has 3 aromatic rings. The number of aromatic nitrogens is 2. The van der Waals surface area contributed by atoms with Gasteiger partial charge in [-0.3, -0.25) is 20.0 Å². The molecule has 1 heterocycles. The van der Waals surface area contributed by atoms with Crippen molar-refractivity contribution in [2.45, 2.75) is 30.7 Å². The number of hydrazine groups is 1. The standard InChI is InChI=1S/C21H20F2N4O2S/c1-14-17(19(29)25-21(24-14)30-20(22)23)12-13-18(28)26-27(15-8-4-2-5-9-15)16-10-6-3-7-11-16/h2-11,20H,12-13H2,1H3,(H,26,28)(H,24,25,29). The third-order valence-corrected chi connectivity index (χ3v) is 4.86. The predicted molar refractivity (Wildman–Crippen MR) is 113 cm³/mol. The van der Waals surface area contributed by atoms with Crippen molar-refractivity contribution < 1.29 is 13.6 Å². The molecule has 0 aliphatic rings. The van der Waals surface area contributed by atoms with Crippen molar-refractivity contribution >= 4 is 29.0 Å². The van der Waals surface area contributed by atoms with Crippen molar-refractivity contribution in [2.24, 2.45) is 0 Å². The van der Waals surface area contributed by atoms with E-state index < -0.39 is 11.3 Å². The first-order valence-corrected chi connectivity index (χ1v) is 10.1. The monoisotopic (exact) mass is 430 g/mol. The fraction of sp³-hybridized carbons (Fsp3) is 0.190. The number of halogens is 2. The van der Waals surface area contributed by atoms with Crippen molar-refractivity contribution in [1.29, 1.82) is 0 Å². The van der Waals surface area contributed by atoms with Gasteiger partial charge in [-0.2, -0.15) is 8.78 Å². The number of anilines is 2. The number of benzene rings is 2. The molecular formula is C21H20F2N4O2S. The maximum absolute atomic E-state index is 12.6. The quantitative estimate of drug-likeness (QED) is 0.318. The number of para-hydroxylation sites is 2. The van der Waals surface area contributed by atoms with Crippen LogP contribution in [0.1, 0.15) is 17.7 Å². The molecule has 0 bridgehead atoms. The van der Waals surface area contributed by atoms with E-state index in [9.17, 15) is 18.4 Å². The number of nitrogens with one attached hydrogen (secondary N) is 2. The van der Waals surface area contributed by atoms with Crippen LogP contribution < -0.4 is 16.0 Å². The zero-order valence-corrected chi connectivity index (χ0v) is 17.0. The van der Waals surface area contributed by atoms with E-state index in [0.717, 1.165) is 11.4 Å². The summed E-state index contributed by atoms with van der Waals surface area (Å²) in [6.45, 7) is 1.57. The summed E-state index contributed by atoms with van der Waals surface area (Å²) in [5.41, 5.74) is 4.53. The Labute approximate surface area is 176 Å². The number of aryl methyl sites for hydroxylation is 1. The highest BCUT2D eigenvalue weighted by Crippen LogP contribution is 2.23. The van der Waals surface area contributed by atoms with Crippen molar-refractivity contribution in [2.75, 3.05) is 5.01 Å². The Kier molecular flexibility index (Phi) is 7.18. The lowest BCUT2D eigenvalue weighted by molar-refractivity contribution is -0.121. The third kappa shape index (κ3) is 5.66. The summed E-state index contributed by atoms with van der Waals surface area (Å²) in [5.74, 6) is -2.97. The highest BCUT2D eigenvalue weighted by atomic mass is 32.2. The van der Waals surface area contributed by atoms with E-state index in [1.165, 1.54) is 0 Å². The number of hydrogen-bond acceptors (Lipinski definition) is 5. The smallest absolute Gasteiger partial charge is 0.291 e. The highest BCUT2D eigenvalue weighted by Gasteiger charge is 2.16. The number of H-pyrrole nitrogens is 1. The van der Waals surface area contributed by atoms with Crippen LogP contribution in [0, 0.1) is 6.92 Å². The van der Waals surface area contributed by atoms with Gasteiger partial charge in [0.05, 0.1) is 11.4 Å². The minimum atomic E-state index is -2.67. The minimum absolute atomic E-state index is 0.0309. The maximum atomic E-state index is 12.6. The molecule has 0 unspecified atom stereocenters. The SMILES string of the molecule is Cc1nc(SC(F)F)[nH]c(=O)c1CCC(=O)NN(c1ccccc1)c1ccccc1. The number of rotatable bonds is 8. The summed E-state index contributed by atoms with van der Waals surface area (Å²) in [7, 11) is 0. The fourth-order valence-electron chi connectivity index (χ4n) is 2.87. The molecule has 0 saturated carbocycles. The Bertz CT molecular complexity index is 1010. The molecular weight excluding hydrogens is 410 g/mol. The number of hydrogen-bond donors (Lipinski definition) is 2. The first-order chi connectivity index (χ1) is 14.4. The second kappa shape index (κ2) is 10.0. The molecule has 0 spiro atoms. The van der Waals surface area contributed by atoms with Gasteiger partial charge in [-0.25, -0.2) is 4.98 Å². The first-order valence-electron chi connectivity index (χ1n) is 9.18. The topological polar surface area (TPSA) is 78.1 Å². The number of carbonyl (C=O) groups excluding carboxylic acids is 1. The summed E-state index contributed by atoms with van der Waals surface area (Å²) in [4.78, 5) is 31.2. The second-order valence-corrected chi connectivity index (χ2v) is 7.33. The number of alkyl halides is 2. The summed E-state index contributed by atoms with van der Waals surface area (Å²) >= 11 is 0.178. The van der Waals surface area contributed by atoms with E-state index >= 15 is 0 Å². The molecule has 0 aliphatic heterocycles. The van der Waals surface area contributed by atoms with E-state index in [1.807, 2.05) is 60.7 Å². The second-order valence-electron chi connectivity index (χ2n) is 6.36. The Morgan fingerprint density at radius 1 is 1.10 bits per heavy atom. The molecule has 0 saturated heterocycles. The lowest BCUT2D eigenvalue weighted by Crippen LogP contribution is -2.39. The molecule has 0 radical (unpaired) electrons. The zero-order chi connectivity index (χ0) is 21.5. The summed E-state index contributed by atoms with van der Waals surface area (Å²) in [6, 6.07) is 18.7. The lowest BCUT2D eigenvalue weighted by Gasteiger charge is -2.25. The van der Waals surface area contributed by atoms with Crippen LogP contribution in [0.4, 0.5) is 20.2 Å². The molecule has 30 heavy (non-hydrogen) atoms. The molecule has 0 aliphatic carbocycles. The van der Waals surface area contributed by atoms with Crippen LogP contribution in [0.15, 0.2) is 70.6 Å². The van der Waals surface area contributed by atoms with Gasteiger partial charge in [0.2, 0.25) is 5.91 Å². The van der Waals surface area contributed by atoms with E-state index in [1.54, 1.807) is 11.9 Å². The van der Waals surface area contributed by atoms with E-state index in [2.05, 4.69) is 15.4 Å². The van der Waals surface area contributed by atoms with Gasteiger partial charge < -0.3 is 4.98 Å². The lowest BCUT2D eigenvalue weighted by atomic mass is 10.1. The van der Waals surface area contributed by atoms with Crippen LogP contribution in [0.3, 0.4) is 0 Å². The van der Waals surface area contributed by atoms with Crippen LogP contribution in [0.5, 0.6) is 0 Å². The Morgan fingerprint density at radius 3 is 2.17 bits per heavy atom. The van der Waals surface area contributed by atoms with Gasteiger partial charge in [-0.05, 0) is 49.4 Å². The summed E-state index contributed by atoms with van der Waals surface area (Å²) in [6.07, 6.45) is 0.167. The average Bonchev–Trinajstić information content (AvgIpc) is 2.72. The predicted octanol–water partition coefficient (Wildman–Crippen LogP) is 4.20. The van der Waals surface area contributed by atoms with Gasteiger partial charge in [0.1, 0.15) is 0 Å². The van der Waals surface area contributed by atoms with E-state index in [0.29, 0.717) is 11.3 Å². The number of nitrogens with zero attached hydrogens (tertiary/aromatic N) is 2. The van der Waals surface area contributed by atoms with Gasteiger partial charge in [0.15, 0.2) is 5.16 Å². The Hall–Kier alpha value is -3.20. The van der Waals surface area contributed by atoms with Crippen molar-refractivity contribution in [1.82, 2.24) is 15.4 Å². The van der Waals surface area contributed by atoms with Crippen molar-refractivity contribution in [3.63, 3.8) is 0 Å². The molecule has 3 rings (SSSR count). The molecule has 9 heteroatoms. The van der Waals surface area contributed by atoms with Crippen LogP contribution in [-0.2, 0) is 11.2 Å². The third-order valence-electron chi connectivity index (χ3n) is 4.27. The Morgan fingerprint density at radius 2 is 1.67 bits per heavy atom. The summed E-state index contributed by atoms with van der Waals surface area (Å²) < 4.78 is 25.0. The van der Waals surface area contributed by atoms with Crippen LogP contribution in [0.25, 0.3) is 0 Å². The summed E-state index contributed by atoms with van der Waals surface area (Å²) in [5, 5.41) is 1.53. The Balaban J connectivity index is 1.72. The van der Waals surface area contributed by atoms with Crippen molar-refractivity contribution in [3.8, 4) is 0 Å². The van der Waals surface area contributed by atoms with Gasteiger partial charge in [0.25, 0.3) is 11.3 Å². The van der Waals surface area contributed by atoms with Gasteiger partial charge in [-0.1, -0.05) is 36.4 Å². The number of aromatic amines is 1. The molecule has 0 atom stereocenters. The highest BCUT2D eigenvalue weighted by molar-refractivity contribution is 7.99. The van der Waals surface area contributed by atoms with Crippen LogP contribution in [-0.4, -0.2) is 21.6 Å². The number of thioether (sulfide) groups is 1. The van der Waals surface area contributed by atoms with Crippen LogP contribution in [0.2, 0.25) is 0 Å². The van der Waals surface area contributed by atoms with Crippen molar-refractivity contribution in [3.05, 3.63) is 82.3 Å². The molecule has 6 nitrogen and oxygen atoms in total. The van der Waals surface area contributed by atoms with Gasteiger partial charge in [-0.15, -0.1) is 0 Å². The average molecular weight is 430 g/mol.